The second-order valence-electron chi connectivity index (χ2n) is 4.51. The Hall–Kier alpha value is -2.11. The number of rotatable bonds is 2. The molecule has 7 heteroatoms. The summed E-state index contributed by atoms with van der Waals surface area (Å²) in [6.07, 6.45) is 0. The van der Waals surface area contributed by atoms with Gasteiger partial charge in [-0.05, 0) is 25.1 Å². The Morgan fingerprint density at radius 3 is 2.71 bits per heavy atom. The molecule has 21 heavy (non-hydrogen) atoms. The van der Waals surface area contributed by atoms with E-state index in [1.54, 1.807) is 25.1 Å². The summed E-state index contributed by atoms with van der Waals surface area (Å²) in [5.74, 6) is 0.279. The number of nitro benzene ring substituents is 1. The number of hydrogen-bond donors (Lipinski definition) is 0. The van der Waals surface area contributed by atoms with Crippen molar-refractivity contribution >= 4 is 40.0 Å². The summed E-state index contributed by atoms with van der Waals surface area (Å²) in [5, 5.41) is 11.8. The fraction of sp³-hybridized carbons (Fsp3) is 0.0714. The van der Waals surface area contributed by atoms with Crippen LogP contribution in [0.3, 0.4) is 0 Å². The van der Waals surface area contributed by atoms with E-state index in [4.69, 9.17) is 27.6 Å². The Kier molecular flexibility index (Phi) is 3.31. The molecule has 0 N–H and O–H groups in total. The van der Waals surface area contributed by atoms with Crippen LogP contribution in [0, 0.1) is 17.0 Å². The van der Waals surface area contributed by atoms with Crippen LogP contribution in [0.25, 0.3) is 22.6 Å². The van der Waals surface area contributed by atoms with Crippen molar-refractivity contribution in [1.29, 1.82) is 0 Å². The van der Waals surface area contributed by atoms with Gasteiger partial charge in [-0.2, -0.15) is 0 Å². The highest BCUT2D eigenvalue weighted by Crippen LogP contribution is 2.34. The fourth-order valence-electron chi connectivity index (χ4n) is 2.06. The van der Waals surface area contributed by atoms with Gasteiger partial charge < -0.3 is 4.42 Å². The minimum Gasteiger partial charge on any atom is -0.436 e. The predicted octanol–water partition coefficient (Wildman–Crippen LogP) is 5.02. The molecule has 0 bridgehead atoms. The number of fused-ring (bicyclic) bond motifs is 1. The van der Waals surface area contributed by atoms with Crippen LogP contribution in [0.2, 0.25) is 10.0 Å². The number of oxazole rings is 1. The number of non-ortho nitro benzene ring substituents is 1. The molecule has 3 rings (SSSR count). The van der Waals surface area contributed by atoms with Crippen LogP contribution in [0.1, 0.15) is 5.56 Å². The van der Waals surface area contributed by atoms with E-state index in [-0.39, 0.29) is 11.6 Å². The topological polar surface area (TPSA) is 69.2 Å². The highest BCUT2D eigenvalue weighted by Gasteiger charge is 2.17. The van der Waals surface area contributed by atoms with Crippen molar-refractivity contribution < 1.29 is 9.34 Å². The van der Waals surface area contributed by atoms with Crippen LogP contribution >= 0.6 is 23.2 Å². The minimum absolute atomic E-state index is 0.0305. The zero-order valence-corrected chi connectivity index (χ0v) is 12.3. The van der Waals surface area contributed by atoms with Gasteiger partial charge in [-0.25, -0.2) is 4.98 Å². The molecule has 1 aromatic heterocycles. The number of halogens is 2. The van der Waals surface area contributed by atoms with Crippen LogP contribution in [-0.4, -0.2) is 9.91 Å². The van der Waals surface area contributed by atoms with Crippen molar-refractivity contribution in [2.45, 2.75) is 6.92 Å². The highest BCUT2D eigenvalue weighted by atomic mass is 35.5. The third-order valence-electron chi connectivity index (χ3n) is 3.03. The van der Waals surface area contributed by atoms with Crippen molar-refractivity contribution in [3.8, 4) is 11.5 Å². The molecule has 0 spiro atoms. The molecule has 106 valence electrons. The Morgan fingerprint density at radius 1 is 1.24 bits per heavy atom. The molecule has 0 aliphatic rings. The van der Waals surface area contributed by atoms with Gasteiger partial charge in [0.05, 0.1) is 15.5 Å². The van der Waals surface area contributed by atoms with E-state index >= 15 is 0 Å². The standard InChI is InChI=1S/C14H8Cl2N2O3/c1-7-4-9(18(19)20)6-12-13(7)21-14(17-12)10-5-8(15)2-3-11(10)16/h2-6H,1H3. The average molecular weight is 323 g/mol. The van der Waals surface area contributed by atoms with Gasteiger partial charge >= 0.3 is 0 Å². The maximum Gasteiger partial charge on any atom is 0.272 e. The Labute approximate surface area is 129 Å². The monoisotopic (exact) mass is 322 g/mol. The van der Waals surface area contributed by atoms with E-state index < -0.39 is 4.92 Å². The van der Waals surface area contributed by atoms with Gasteiger partial charge in [0.25, 0.3) is 5.69 Å². The van der Waals surface area contributed by atoms with Crippen LogP contribution in [-0.2, 0) is 0 Å². The molecule has 0 radical (unpaired) electrons. The Balaban J connectivity index is 2.24. The van der Waals surface area contributed by atoms with E-state index in [9.17, 15) is 10.1 Å². The molecule has 0 unspecified atom stereocenters. The quantitative estimate of drug-likeness (QED) is 0.490. The lowest BCUT2D eigenvalue weighted by Crippen LogP contribution is -1.88. The molecule has 0 aliphatic heterocycles. The summed E-state index contributed by atoms with van der Waals surface area (Å²) in [7, 11) is 0. The van der Waals surface area contributed by atoms with Crippen molar-refractivity contribution in [2.75, 3.05) is 0 Å². The molecule has 0 saturated heterocycles. The summed E-state index contributed by atoms with van der Waals surface area (Å²) in [4.78, 5) is 14.7. The van der Waals surface area contributed by atoms with Crippen molar-refractivity contribution in [3.05, 3.63) is 56.1 Å². The van der Waals surface area contributed by atoms with Crippen molar-refractivity contribution in [2.24, 2.45) is 0 Å². The molecule has 0 atom stereocenters. The minimum atomic E-state index is -0.465. The first-order chi connectivity index (χ1) is 9.95. The first-order valence-electron chi connectivity index (χ1n) is 5.96. The van der Waals surface area contributed by atoms with E-state index in [1.165, 1.54) is 12.1 Å². The summed E-state index contributed by atoms with van der Waals surface area (Å²) >= 11 is 12.1. The van der Waals surface area contributed by atoms with Crippen molar-refractivity contribution in [3.63, 3.8) is 0 Å². The van der Waals surface area contributed by atoms with E-state index in [0.717, 1.165) is 0 Å². The van der Waals surface area contributed by atoms with Crippen LogP contribution < -0.4 is 0 Å². The van der Waals surface area contributed by atoms with E-state index in [1.807, 2.05) is 0 Å². The molecule has 0 fully saturated rings. The van der Waals surface area contributed by atoms with Gasteiger partial charge in [0.2, 0.25) is 5.89 Å². The van der Waals surface area contributed by atoms with E-state index in [2.05, 4.69) is 4.98 Å². The number of benzene rings is 2. The average Bonchev–Trinajstić information content (AvgIpc) is 2.85. The van der Waals surface area contributed by atoms with Gasteiger partial charge in [0.15, 0.2) is 5.58 Å². The maximum atomic E-state index is 10.9. The molecule has 3 aromatic rings. The molecule has 0 aliphatic carbocycles. The Morgan fingerprint density at radius 2 is 2.00 bits per heavy atom. The largest absolute Gasteiger partial charge is 0.436 e. The zero-order chi connectivity index (χ0) is 15.1. The molecule has 1 heterocycles. The Bertz CT molecular complexity index is 874. The summed E-state index contributed by atoms with van der Waals surface area (Å²) < 4.78 is 5.68. The highest BCUT2D eigenvalue weighted by molar-refractivity contribution is 6.35. The fourth-order valence-corrected chi connectivity index (χ4v) is 2.43. The normalized spacial score (nSPS) is 11.0. The lowest BCUT2D eigenvalue weighted by atomic mass is 10.2. The number of aromatic nitrogens is 1. The summed E-state index contributed by atoms with van der Waals surface area (Å²) in [6.45, 7) is 1.73. The van der Waals surface area contributed by atoms with Crippen LogP contribution in [0.5, 0.6) is 0 Å². The first-order valence-corrected chi connectivity index (χ1v) is 6.72. The molecule has 5 nitrogen and oxygen atoms in total. The number of hydrogen-bond acceptors (Lipinski definition) is 4. The lowest BCUT2D eigenvalue weighted by Gasteiger charge is -1.99. The molecular formula is C14H8Cl2N2O3. The number of nitrogens with zero attached hydrogens (tertiary/aromatic N) is 2. The molecular weight excluding hydrogens is 315 g/mol. The van der Waals surface area contributed by atoms with Crippen LogP contribution in [0.15, 0.2) is 34.7 Å². The van der Waals surface area contributed by atoms with Gasteiger partial charge in [-0.15, -0.1) is 0 Å². The third-order valence-corrected chi connectivity index (χ3v) is 3.59. The third kappa shape index (κ3) is 2.46. The first kappa shape index (κ1) is 13.9. The number of nitro groups is 1. The second-order valence-corrected chi connectivity index (χ2v) is 5.35. The van der Waals surface area contributed by atoms with E-state index in [0.29, 0.717) is 32.3 Å². The smallest absolute Gasteiger partial charge is 0.272 e. The van der Waals surface area contributed by atoms with Crippen molar-refractivity contribution in [1.82, 2.24) is 4.98 Å². The second kappa shape index (κ2) is 5.02. The zero-order valence-electron chi connectivity index (χ0n) is 10.8. The van der Waals surface area contributed by atoms with Gasteiger partial charge in [-0.1, -0.05) is 23.2 Å². The summed E-state index contributed by atoms with van der Waals surface area (Å²) in [6, 6.07) is 7.75. The van der Waals surface area contributed by atoms with Gasteiger partial charge in [-0.3, -0.25) is 10.1 Å². The SMILES string of the molecule is Cc1cc([N+](=O)[O-])cc2nc(-c3cc(Cl)ccc3Cl)oc12. The van der Waals surface area contributed by atoms with Gasteiger partial charge in [0, 0.05) is 22.7 Å². The summed E-state index contributed by atoms with van der Waals surface area (Å²) in [5.41, 5.74) is 2.05. The van der Waals surface area contributed by atoms with Gasteiger partial charge in [0.1, 0.15) is 5.52 Å². The molecule has 0 amide bonds. The molecule has 0 saturated carbocycles. The predicted molar refractivity (Wildman–Crippen MR) is 80.9 cm³/mol. The number of aryl methyl sites for hydroxylation is 1. The van der Waals surface area contributed by atoms with Crippen LogP contribution in [0.4, 0.5) is 5.69 Å². The lowest BCUT2D eigenvalue weighted by molar-refractivity contribution is -0.384. The molecule has 2 aromatic carbocycles. The maximum absolute atomic E-state index is 10.9.